The van der Waals surface area contributed by atoms with Gasteiger partial charge < -0.3 is 5.11 Å². The van der Waals surface area contributed by atoms with Crippen LogP contribution in [0.25, 0.3) is 0 Å². The molecule has 13 heavy (non-hydrogen) atoms. The van der Waals surface area contributed by atoms with Gasteiger partial charge in [0.05, 0.1) is 6.42 Å². The highest BCUT2D eigenvalue weighted by Gasteiger charge is 2.22. The molecule has 0 saturated carbocycles. The quantitative estimate of drug-likeness (QED) is 0.780. The van der Waals surface area contributed by atoms with Gasteiger partial charge in [0.15, 0.2) is 5.78 Å². The fraction of sp³-hybridized carbons (Fsp3) is 0.750. The van der Waals surface area contributed by atoms with Crippen molar-refractivity contribution in [3.63, 3.8) is 0 Å². The Kier molecular flexibility index (Phi) is 4.66. The monoisotopic (exact) mass is 220 g/mol. The number of carbonyl (C=O) groups is 2. The predicted molar refractivity (Wildman–Crippen MR) is 55.2 cm³/mol. The Morgan fingerprint density at radius 3 is 2.38 bits per heavy atom. The Bertz CT molecular complexity index is 200. The molecule has 1 aliphatic heterocycles. The highest BCUT2D eigenvalue weighted by Crippen LogP contribution is 2.31. The van der Waals surface area contributed by atoms with Gasteiger partial charge in [0.1, 0.15) is 4.58 Å². The molecular weight excluding hydrogens is 208 g/mol. The van der Waals surface area contributed by atoms with Crippen molar-refractivity contribution in [3.05, 3.63) is 0 Å². The van der Waals surface area contributed by atoms with Gasteiger partial charge in [0, 0.05) is 6.42 Å². The molecule has 1 heterocycles. The van der Waals surface area contributed by atoms with Crippen molar-refractivity contribution in [3.8, 4) is 0 Å². The van der Waals surface area contributed by atoms with E-state index in [1.807, 2.05) is 0 Å². The van der Waals surface area contributed by atoms with Crippen LogP contribution in [0.5, 0.6) is 0 Å². The molecule has 1 N–H and O–H groups in total. The van der Waals surface area contributed by atoms with Gasteiger partial charge in [-0.05, 0) is 17.9 Å². The lowest BCUT2D eigenvalue weighted by atomic mass is 10.2. The molecule has 0 bridgehead atoms. The summed E-state index contributed by atoms with van der Waals surface area (Å²) < 4.78 is -0.00639. The maximum absolute atomic E-state index is 11.4. The summed E-state index contributed by atoms with van der Waals surface area (Å²) in [5.41, 5.74) is 0. The zero-order valence-corrected chi connectivity index (χ0v) is 8.83. The van der Waals surface area contributed by atoms with Crippen LogP contribution in [-0.2, 0) is 9.59 Å². The van der Waals surface area contributed by atoms with Gasteiger partial charge in [0.25, 0.3) is 0 Å². The van der Waals surface area contributed by atoms with Crippen LogP contribution in [0.1, 0.15) is 19.3 Å². The number of Topliss-reactive ketones (excluding diaryl/α,β-unsaturated/α-hetero) is 1. The number of carbonyl (C=O) groups excluding carboxylic acids is 1. The largest absolute Gasteiger partial charge is 0.481 e. The lowest BCUT2D eigenvalue weighted by Gasteiger charge is -2.18. The van der Waals surface area contributed by atoms with Crippen LogP contribution < -0.4 is 0 Å². The lowest BCUT2D eigenvalue weighted by Crippen LogP contribution is -2.18. The van der Waals surface area contributed by atoms with Crippen LogP contribution in [-0.4, -0.2) is 32.9 Å². The first kappa shape index (κ1) is 10.9. The van der Waals surface area contributed by atoms with E-state index in [1.165, 1.54) is 0 Å². The number of thioether (sulfide) groups is 2. The third-order valence-corrected chi connectivity index (χ3v) is 4.67. The van der Waals surface area contributed by atoms with Crippen LogP contribution in [0.4, 0.5) is 0 Å². The van der Waals surface area contributed by atoms with E-state index in [0.717, 1.165) is 17.9 Å². The molecule has 0 radical (unpaired) electrons. The Labute approximate surface area is 85.7 Å². The van der Waals surface area contributed by atoms with E-state index >= 15 is 0 Å². The van der Waals surface area contributed by atoms with E-state index in [-0.39, 0.29) is 23.2 Å². The highest BCUT2D eigenvalue weighted by molar-refractivity contribution is 8.18. The maximum atomic E-state index is 11.4. The average molecular weight is 220 g/mol. The number of carboxylic acid groups (broad SMARTS) is 1. The van der Waals surface area contributed by atoms with Crippen molar-refractivity contribution >= 4 is 35.3 Å². The van der Waals surface area contributed by atoms with Crippen LogP contribution in [0.15, 0.2) is 0 Å². The van der Waals surface area contributed by atoms with E-state index in [1.54, 1.807) is 23.5 Å². The minimum absolute atomic E-state index is 0.00639. The first-order valence-corrected chi connectivity index (χ1v) is 6.27. The fourth-order valence-corrected chi connectivity index (χ4v) is 3.82. The van der Waals surface area contributed by atoms with Gasteiger partial charge in [-0.3, -0.25) is 9.59 Å². The summed E-state index contributed by atoms with van der Waals surface area (Å²) >= 11 is 3.29. The van der Waals surface area contributed by atoms with Crippen molar-refractivity contribution in [1.82, 2.24) is 0 Å². The molecule has 0 aromatic carbocycles. The highest BCUT2D eigenvalue weighted by atomic mass is 32.2. The smallest absolute Gasteiger partial charge is 0.303 e. The van der Waals surface area contributed by atoms with Gasteiger partial charge in [-0.1, -0.05) is 0 Å². The summed E-state index contributed by atoms with van der Waals surface area (Å²) in [6.07, 6.45) is 1.30. The van der Waals surface area contributed by atoms with E-state index in [4.69, 9.17) is 5.11 Å². The molecule has 1 saturated heterocycles. The van der Waals surface area contributed by atoms with Crippen molar-refractivity contribution < 1.29 is 14.7 Å². The predicted octanol–water partition coefficient (Wildman–Crippen LogP) is 1.62. The van der Waals surface area contributed by atoms with Gasteiger partial charge in [-0.15, -0.1) is 23.5 Å². The number of hydrogen-bond acceptors (Lipinski definition) is 4. The van der Waals surface area contributed by atoms with Crippen molar-refractivity contribution in [2.24, 2.45) is 0 Å². The molecule has 1 aliphatic rings. The minimum atomic E-state index is -0.890. The van der Waals surface area contributed by atoms with E-state index in [0.29, 0.717) is 0 Å². The third kappa shape index (κ3) is 4.04. The second kappa shape index (κ2) is 5.54. The molecule has 74 valence electrons. The van der Waals surface area contributed by atoms with Crippen molar-refractivity contribution in [2.45, 2.75) is 23.8 Å². The second-order valence-electron chi connectivity index (χ2n) is 2.79. The number of ketones is 1. The minimum Gasteiger partial charge on any atom is -0.481 e. The molecule has 0 unspecified atom stereocenters. The first-order valence-electron chi connectivity index (χ1n) is 4.18. The molecule has 0 aromatic rings. The standard InChI is InChI=1S/C8H12O3S2/c9-6(2-3-7(10)11)8-12-4-1-5-13-8/h8H,1-5H2,(H,10,11). The molecular formula is C8H12O3S2. The van der Waals surface area contributed by atoms with Gasteiger partial charge in [-0.25, -0.2) is 0 Å². The van der Waals surface area contributed by atoms with E-state index in [2.05, 4.69) is 0 Å². The number of rotatable bonds is 4. The molecule has 0 atom stereocenters. The molecule has 0 aliphatic carbocycles. The Hall–Kier alpha value is -0.160. The normalized spacial score (nSPS) is 18.5. The molecule has 0 amide bonds. The third-order valence-electron chi connectivity index (χ3n) is 1.68. The summed E-state index contributed by atoms with van der Waals surface area (Å²) in [6.45, 7) is 0. The summed E-state index contributed by atoms with van der Waals surface area (Å²) in [4.78, 5) is 21.6. The summed E-state index contributed by atoms with van der Waals surface area (Å²) in [7, 11) is 0. The lowest BCUT2D eigenvalue weighted by molar-refractivity contribution is -0.138. The van der Waals surface area contributed by atoms with Crippen LogP contribution in [0, 0.1) is 0 Å². The average Bonchev–Trinajstić information content (AvgIpc) is 2.15. The van der Waals surface area contributed by atoms with Gasteiger partial charge in [0.2, 0.25) is 0 Å². The second-order valence-corrected chi connectivity index (χ2v) is 5.51. The van der Waals surface area contributed by atoms with Gasteiger partial charge in [-0.2, -0.15) is 0 Å². The fourth-order valence-electron chi connectivity index (χ4n) is 1.02. The van der Waals surface area contributed by atoms with Crippen LogP contribution in [0.3, 0.4) is 0 Å². The summed E-state index contributed by atoms with van der Waals surface area (Å²) in [6, 6.07) is 0. The van der Waals surface area contributed by atoms with Crippen molar-refractivity contribution in [1.29, 1.82) is 0 Å². The molecule has 1 rings (SSSR count). The maximum Gasteiger partial charge on any atom is 0.303 e. The van der Waals surface area contributed by atoms with E-state index in [9.17, 15) is 9.59 Å². The molecule has 1 fully saturated rings. The van der Waals surface area contributed by atoms with Crippen LogP contribution >= 0.6 is 23.5 Å². The SMILES string of the molecule is O=C(O)CCC(=O)C1SCCCS1. The zero-order valence-electron chi connectivity index (χ0n) is 7.19. The summed E-state index contributed by atoms with van der Waals surface area (Å²) in [5, 5.41) is 8.39. The Balaban J connectivity index is 2.25. The number of aliphatic carboxylic acids is 1. The number of carboxylic acids is 1. The van der Waals surface area contributed by atoms with Crippen molar-refractivity contribution in [2.75, 3.05) is 11.5 Å². The van der Waals surface area contributed by atoms with E-state index < -0.39 is 5.97 Å². The molecule has 5 heteroatoms. The zero-order chi connectivity index (χ0) is 9.68. The summed E-state index contributed by atoms with van der Waals surface area (Å²) in [5.74, 6) is 1.24. The molecule has 3 nitrogen and oxygen atoms in total. The Morgan fingerprint density at radius 2 is 1.85 bits per heavy atom. The van der Waals surface area contributed by atoms with Gasteiger partial charge >= 0.3 is 5.97 Å². The van der Waals surface area contributed by atoms with Crippen LogP contribution in [0.2, 0.25) is 0 Å². The molecule has 0 spiro atoms. The molecule has 0 aromatic heterocycles. The topological polar surface area (TPSA) is 54.4 Å². The Morgan fingerprint density at radius 1 is 1.23 bits per heavy atom. The number of hydrogen-bond donors (Lipinski definition) is 1. The first-order chi connectivity index (χ1) is 6.20.